The van der Waals surface area contributed by atoms with Crippen LogP contribution in [0, 0.1) is 5.41 Å². The summed E-state index contributed by atoms with van der Waals surface area (Å²) in [4.78, 5) is 26.7. The molecule has 1 aromatic heterocycles. The number of H-pyrrole nitrogens is 1. The van der Waals surface area contributed by atoms with Crippen LogP contribution in [-0.4, -0.2) is 60.4 Å². The zero-order valence-corrected chi connectivity index (χ0v) is 12.7. The number of carbonyl (C=O) groups is 1. The summed E-state index contributed by atoms with van der Waals surface area (Å²) in [6, 6.07) is 7.03. The van der Waals surface area contributed by atoms with Crippen LogP contribution in [0.15, 0.2) is 29.1 Å². The maximum atomic E-state index is 12.3. The summed E-state index contributed by atoms with van der Waals surface area (Å²) in [5.41, 5.74) is 0.575. The number of aromatic nitrogens is 2. The first-order valence-electron chi connectivity index (χ1n) is 7.73. The van der Waals surface area contributed by atoms with Gasteiger partial charge in [0, 0.05) is 37.0 Å². The lowest BCUT2D eigenvalue weighted by Crippen LogP contribution is -2.66. The third-order valence-electron chi connectivity index (χ3n) is 4.54. The van der Waals surface area contributed by atoms with Gasteiger partial charge in [-0.15, -0.1) is 0 Å². The maximum absolute atomic E-state index is 12.3. The van der Waals surface area contributed by atoms with Gasteiger partial charge in [0.15, 0.2) is 5.69 Å². The second kappa shape index (κ2) is 5.43. The summed E-state index contributed by atoms with van der Waals surface area (Å²) < 4.78 is 5.23. The summed E-state index contributed by atoms with van der Waals surface area (Å²) in [5, 5.41) is 9.90. The Balaban J connectivity index is 1.36. The second-order valence-electron chi connectivity index (χ2n) is 6.41. The van der Waals surface area contributed by atoms with Crippen LogP contribution >= 0.6 is 0 Å². The normalized spacial score (nSPS) is 19.3. The lowest BCUT2D eigenvalue weighted by atomic mass is 9.78. The first kappa shape index (κ1) is 14.3. The van der Waals surface area contributed by atoms with Gasteiger partial charge in [0.2, 0.25) is 5.43 Å². The summed E-state index contributed by atoms with van der Waals surface area (Å²) >= 11 is 0. The number of nitrogens with zero attached hydrogens (tertiary/aromatic N) is 2. The van der Waals surface area contributed by atoms with Gasteiger partial charge in [-0.05, 0) is 12.1 Å². The monoisotopic (exact) mass is 314 g/mol. The highest BCUT2D eigenvalue weighted by atomic mass is 16.5. The van der Waals surface area contributed by atoms with Gasteiger partial charge in [-0.3, -0.25) is 14.7 Å². The van der Waals surface area contributed by atoms with Gasteiger partial charge >= 0.3 is 0 Å². The predicted molar refractivity (Wildman–Crippen MR) is 84.4 cm³/mol. The molecule has 23 heavy (non-hydrogen) atoms. The van der Waals surface area contributed by atoms with Crippen molar-refractivity contribution in [1.29, 1.82) is 0 Å². The summed E-state index contributed by atoms with van der Waals surface area (Å²) in [6.45, 7) is 5.04. The van der Waals surface area contributed by atoms with Crippen LogP contribution in [-0.2, 0) is 4.74 Å². The zero-order valence-electron chi connectivity index (χ0n) is 12.7. The largest absolute Gasteiger partial charge is 0.380 e. The molecule has 120 valence electrons. The highest BCUT2D eigenvalue weighted by molar-refractivity contribution is 5.95. The number of ether oxygens (including phenoxy) is 1. The smallest absolute Gasteiger partial charge is 0.275 e. The Bertz CT molecular complexity index is 804. The van der Waals surface area contributed by atoms with Crippen LogP contribution in [0.1, 0.15) is 10.5 Å². The maximum Gasteiger partial charge on any atom is 0.275 e. The Labute approximate surface area is 132 Å². The number of aromatic amines is 1. The standard InChI is InChI=1S/C16H18N4O3/c21-14-11-3-1-2-4-12(11)18-19-13(14)15(22)17-5-6-20-7-16(8-20)9-23-10-16/h1-4H,5-10H2,(H,17,22)(H,18,21). The fourth-order valence-electron chi connectivity index (χ4n) is 3.27. The lowest BCUT2D eigenvalue weighted by molar-refractivity contribution is -0.188. The first-order valence-corrected chi connectivity index (χ1v) is 7.73. The molecule has 0 unspecified atom stereocenters. The van der Waals surface area contributed by atoms with Crippen molar-refractivity contribution in [2.45, 2.75) is 0 Å². The number of hydrogen-bond donors (Lipinski definition) is 2. The highest BCUT2D eigenvalue weighted by Gasteiger charge is 2.48. The van der Waals surface area contributed by atoms with Gasteiger partial charge in [0.25, 0.3) is 5.91 Å². The average Bonchev–Trinajstić information content (AvgIpc) is 2.48. The van der Waals surface area contributed by atoms with Gasteiger partial charge < -0.3 is 15.0 Å². The van der Waals surface area contributed by atoms with Crippen LogP contribution in [0.4, 0.5) is 0 Å². The first-order chi connectivity index (χ1) is 11.2. The molecular formula is C16H18N4O3. The topological polar surface area (TPSA) is 87.3 Å². The van der Waals surface area contributed by atoms with E-state index in [4.69, 9.17) is 4.74 Å². The molecule has 2 N–H and O–H groups in total. The SMILES string of the molecule is O=C(NCCN1CC2(COC2)C1)c1n[nH]c2ccccc2c1=O. The van der Waals surface area contributed by atoms with E-state index >= 15 is 0 Å². The number of nitrogens with one attached hydrogen (secondary N) is 2. The molecule has 2 saturated heterocycles. The number of benzene rings is 1. The van der Waals surface area contributed by atoms with E-state index in [1.807, 2.05) is 6.07 Å². The molecule has 0 radical (unpaired) electrons. The minimum absolute atomic E-state index is 0.0869. The van der Waals surface area contributed by atoms with E-state index < -0.39 is 5.91 Å². The minimum Gasteiger partial charge on any atom is -0.380 e. The quantitative estimate of drug-likeness (QED) is 0.828. The summed E-state index contributed by atoms with van der Waals surface area (Å²) in [5.74, 6) is -0.431. The molecule has 4 rings (SSSR count). The van der Waals surface area contributed by atoms with Gasteiger partial charge in [-0.2, -0.15) is 5.10 Å². The number of fused-ring (bicyclic) bond motifs is 1. The average molecular weight is 314 g/mol. The van der Waals surface area contributed by atoms with Crippen LogP contribution in [0.3, 0.4) is 0 Å². The molecule has 0 aliphatic carbocycles. The van der Waals surface area contributed by atoms with E-state index in [1.54, 1.807) is 18.2 Å². The molecule has 2 aliphatic heterocycles. The molecule has 0 saturated carbocycles. The van der Waals surface area contributed by atoms with E-state index in [0.29, 0.717) is 22.9 Å². The van der Waals surface area contributed by atoms with Crippen LogP contribution in [0.25, 0.3) is 10.9 Å². The Morgan fingerprint density at radius 3 is 2.87 bits per heavy atom. The fourth-order valence-corrected chi connectivity index (χ4v) is 3.27. The van der Waals surface area contributed by atoms with Crippen molar-refractivity contribution in [3.05, 3.63) is 40.2 Å². The molecule has 1 spiro atoms. The van der Waals surface area contributed by atoms with Crippen LogP contribution in [0.2, 0.25) is 0 Å². The minimum atomic E-state index is -0.431. The van der Waals surface area contributed by atoms with Gasteiger partial charge in [0.1, 0.15) is 0 Å². The molecule has 7 heteroatoms. The number of rotatable bonds is 4. The molecule has 2 fully saturated rings. The molecule has 2 aliphatic rings. The lowest BCUT2D eigenvalue weighted by Gasteiger charge is -2.55. The highest BCUT2D eigenvalue weighted by Crippen LogP contribution is 2.36. The van der Waals surface area contributed by atoms with Gasteiger partial charge in [-0.25, -0.2) is 0 Å². The Kier molecular flexibility index (Phi) is 3.39. The van der Waals surface area contributed by atoms with E-state index in [9.17, 15) is 9.59 Å². The molecule has 1 aromatic carbocycles. The van der Waals surface area contributed by atoms with E-state index in [0.717, 1.165) is 32.8 Å². The number of amides is 1. The van der Waals surface area contributed by atoms with Gasteiger partial charge in [0.05, 0.1) is 18.7 Å². The van der Waals surface area contributed by atoms with E-state index in [1.165, 1.54) is 0 Å². The zero-order chi connectivity index (χ0) is 15.9. The molecular weight excluding hydrogens is 296 g/mol. The van der Waals surface area contributed by atoms with E-state index in [-0.39, 0.29) is 11.1 Å². The summed E-state index contributed by atoms with van der Waals surface area (Å²) in [6.07, 6.45) is 0. The third kappa shape index (κ3) is 2.51. The predicted octanol–water partition coefficient (Wildman–Crippen LogP) is -0.0149. The van der Waals surface area contributed by atoms with Crippen molar-refractivity contribution in [2.24, 2.45) is 5.41 Å². The van der Waals surface area contributed by atoms with E-state index in [2.05, 4.69) is 20.4 Å². The van der Waals surface area contributed by atoms with Gasteiger partial charge in [-0.1, -0.05) is 12.1 Å². The van der Waals surface area contributed by atoms with Crippen molar-refractivity contribution < 1.29 is 9.53 Å². The van der Waals surface area contributed by atoms with Crippen LogP contribution < -0.4 is 10.7 Å². The number of hydrogen-bond acceptors (Lipinski definition) is 5. The third-order valence-corrected chi connectivity index (χ3v) is 4.54. The molecule has 2 aromatic rings. The Morgan fingerprint density at radius 2 is 2.13 bits per heavy atom. The number of carbonyl (C=O) groups excluding carboxylic acids is 1. The van der Waals surface area contributed by atoms with Crippen molar-refractivity contribution in [2.75, 3.05) is 39.4 Å². The Morgan fingerprint density at radius 1 is 1.35 bits per heavy atom. The van der Waals surface area contributed by atoms with Crippen molar-refractivity contribution in [3.8, 4) is 0 Å². The fraction of sp³-hybridized carbons (Fsp3) is 0.438. The second-order valence-corrected chi connectivity index (χ2v) is 6.41. The Hall–Kier alpha value is -2.25. The van der Waals surface area contributed by atoms with Crippen molar-refractivity contribution >= 4 is 16.8 Å². The number of para-hydroxylation sites is 1. The van der Waals surface area contributed by atoms with Crippen LogP contribution in [0.5, 0.6) is 0 Å². The molecule has 3 heterocycles. The van der Waals surface area contributed by atoms with Crippen molar-refractivity contribution in [1.82, 2.24) is 20.4 Å². The summed E-state index contributed by atoms with van der Waals surface area (Å²) in [7, 11) is 0. The van der Waals surface area contributed by atoms with Crippen molar-refractivity contribution in [3.63, 3.8) is 0 Å². The molecule has 7 nitrogen and oxygen atoms in total. The molecule has 0 atom stereocenters. The molecule has 1 amide bonds. The number of likely N-dealkylation sites (tertiary alicyclic amines) is 1. The molecule has 0 bridgehead atoms.